The Morgan fingerprint density at radius 1 is 0.973 bits per heavy atom. The molecule has 0 aliphatic carbocycles. The number of carbonyl (C=O) groups is 2. The van der Waals surface area contributed by atoms with Gasteiger partial charge < -0.3 is 20.3 Å². The second kappa shape index (κ2) is 11.3. The fraction of sp³-hybridized carbons (Fsp3) is 0.304. The van der Waals surface area contributed by atoms with Crippen LogP contribution in [-0.4, -0.2) is 87.7 Å². The van der Waals surface area contributed by atoms with Gasteiger partial charge in [-0.1, -0.05) is 0 Å². The number of carbonyl (C=O) groups excluding carboxylic acids is 2. The summed E-state index contributed by atoms with van der Waals surface area (Å²) in [5, 5.41) is 4.95. The van der Waals surface area contributed by atoms with Crippen molar-refractivity contribution in [3.05, 3.63) is 54.7 Å². The first kappa shape index (κ1) is 25.9. The molecule has 1 aliphatic rings. The van der Waals surface area contributed by atoms with Gasteiger partial charge in [-0.15, -0.1) is 13.2 Å². The summed E-state index contributed by atoms with van der Waals surface area (Å²) in [6, 6.07) is 3.23. The minimum Gasteiger partial charge on any atom is -0.404 e. The number of aromatic nitrogens is 4. The first-order valence-corrected chi connectivity index (χ1v) is 11.2. The van der Waals surface area contributed by atoms with Crippen molar-refractivity contribution < 1.29 is 27.5 Å². The van der Waals surface area contributed by atoms with Gasteiger partial charge in [0.15, 0.2) is 11.6 Å². The Morgan fingerprint density at radius 3 is 2.38 bits per heavy atom. The van der Waals surface area contributed by atoms with Crippen molar-refractivity contribution in [3.63, 3.8) is 0 Å². The van der Waals surface area contributed by atoms with E-state index in [2.05, 4.69) is 40.2 Å². The van der Waals surface area contributed by atoms with Gasteiger partial charge in [0.05, 0.1) is 30.8 Å². The highest BCUT2D eigenvalue weighted by molar-refractivity contribution is 6.05. The van der Waals surface area contributed by atoms with Gasteiger partial charge in [0, 0.05) is 44.1 Å². The Hall–Kier alpha value is -4.17. The van der Waals surface area contributed by atoms with Crippen LogP contribution in [0.15, 0.2) is 49.2 Å². The number of piperazine rings is 1. The third-order valence-corrected chi connectivity index (χ3v) is 5.42. The summed E-state index contributed by atoms with van der Waals surface area (Å²) in [7, 11) is 1.96. The first-order chi connectivity index (χ1) is 17.7. The lowest BCUT2D eigenvalue weighted by Gasteiger charge is -2.31. The molecule has 194 valence electrons. The lowest BCUT2D eigenvalue weighted by atomic mass is 10.1. The Balaban J connectivity index is 1.47. The maximum absolute atomic E-state index is 12.9. The molecule has 3 aromatic rings. The fourth-order valence-corrected chi connectivity index (χ4v) is 3.53. The van der Waals surface area contributed by atoms with Crippen LogP contribution in [0.5, 0.6) is 5.75 Å². The number of benzene rings is 1. The summed E-state index contributed by atoms with van der Waals surface area (Å²) >= 11 is 0. The van der Waals surface area contributed by atoms with E-state index < -0.39 is 23.9 Å². The van der Waals surface area contributed by atoms with Gasteiger partial charge in [-0.3, -0.25) is 24.5 Å². The number of alkyl halides is 3. The largest absolute Gasteiger partial charge is 0.573 e. The van der Waals surface area contributed by atoms with E-state index >= 15 is 0 Å². The highest BCUT2D eigenvalue weighted by atomic mass is 19.4. The molecule has 1 aromatic carbocycles. The van der Waals surface area contributed by atoms with E-state index in [9.17, 15) is 22.8 Å². The first-order valence-electron chi connectivity index (χ1n) is 11.2. The van der Waals surface area contributed by atoms with Crippen LogP contribution in [0.25, 0.3) is 11.4 Å². The SMILES string of the molecule is CN1CCN(CC(=O)Nc2cc(C(=O)Nc3cnc(-c4cnccn4)cn3)ccc2OC(F)(F)F)CC1. The van der Waals surface area contributed by atoms with Gasteiger partial charge in [0.25, 0.3) is 5.91 Å². The Morgan fingerprint density at radius 2 is 1.73 bits per heavy atom. The van der Waals surface area contributed by atoms with E-state index in [-0.39, 0.29) is 23.6 Å². The Bertz CT molecular complexity index is 1230. The van der Waals surface area contributed by atoms with Gasteiger partial charge in [-0.05, 0) is 25.2 Å². The highest BCUT2D eigenvalue weighted by Crippen LogP contribution is 2.31. The van der Waals surface area contributed by atoms with Crippen molar-refractivity contribution in [3.8, 4) is 17.1 Å². The summed E-state index contributed by atoms with van der Waals surface area (Å²) in [6.07, 6.45) is 2.24. The van der Waals surface area contributed by atoms with Gasteiger partial charge >= 0.3 is 6.36 Å². The van der Waals surface area contributed by atoms with Gasteiger partial charge in [-0.2, -0.15) is 0 Å². The van der Waals surface area contributed by atoms with E-state index in [1.807, 2.05) is 11.9 Å². The Labute approximate surface area is 209 Å². The molecule has 2 aromatic heterocycles. The maximum Gasteiger partial charge on any atom is 0.573 e. The standard InChI is InChI=1S/C23H23F3N8O3/c1-33-6-8-34(9-7-33)14-21(35)31-16-10-15(2-3-19(16)37-23(24,25)26)22(36)32-20-13-29-18(12-30-20)17-11-27-4-5-28-17/h2-5,10-13H,6-9,14H2,1H3,(H,31,35)(H,30,32,36). The van der Waals surface area contributed by atoms with Gasteiger partial charge in [-0.25, -0.2) is 9.97 Å². The smallest absolute Gasteiger partial charge is 0.404 e. The molecule has 0 radical (unpaired) electrons. The normalized spacial score (nSPS) is 14.7. The molecule has 1 saturated heterocycles. The Kier molecular flexibility index (Phi) is 7.89. The fourth-order valence-electron chi connectivity index (χ4n) is 3.53. The van der Waals surface area contributed by atoms with E-state index in [1.165, 1.54) is 31.0 Å². The van der Waals surface area contributed by atoms with Crippen LogP contribution in [0.3, 0.4) is 0 Å². The van der Waals surface area contributed by atoms with Crippen molar-refractivity contribution in [1.82, 2.24) is 29.7 Å². The molecule has 0 bridgehead atoms. The molecule has 0 atom stereocenters. The molecule has 14 heteroatoms. The minimum atomic E-state index is -4.98. The number of halogens is 3. The monoisotopic (exact) mass is 516 g/mol. The quantitative estimate of drug-likeness (QED) is 0.486. The second-order valence-electron chi connectivity index (χ2n) is 8.22. The van der Waals surface area contributed by atoms with Gasteiger partial charge in [0.1, 0.15) is 11.4 Å². The number of rotatable bonds is 7. The van der Waals surface area contributed by atoms with Crippen LogP contribution in [0, 0.1) is 0 Å². The summed E-state index contributed by atoms with van der Waals surface area (Å²) < 4.78 is 42.8. The molecule has 37 heavy (non-hydrogen) atoms. The third kappa shape index (κ3) is 7.41. The zero-order valence-electron chi connectivity index (χ0n) is 19.7. The van der Waals surface area contributed by atoms with Crippen LogP contribution >= 0.6 is 0 Å². The topological polar surface area (TPSA) is 125 Å². The van der Waals surface area contributed by atoms with Crippen LogP contribution in [-0.2, 0) is 4.79 Å². The molecule has 0 spiro atoms. The van der Waals surface area contributed by atoms with Crippen LogP contribution < -0.4 is 15.4 Å². The average molecular weight is 516 g/mol. The maximum atomic E-state index is 12.9. The van der Waals surface area contributed by atoms with E-state index in [0.717, 1.165) is 31.3 Å². The van der Waals surface area contributed by atoms with E-state index in [0.29, 0.717) is 24.5 Å². The molecule has 1 fully saturated rings. The number of likely N-dealkylation sites (N-methyl/N-ethyl adjacent to an activating group) is 1. The predicted octanol–water partition coefficient (Wildman–Crippen LogP) is 2.27. The zero-order chi connectivity index (χ0) is 26.4. The number of hydrogen-bond acceptors (Lipinski definition) is 9. The van der Waals surface area contributed by atoms with Crippen molar-refractivity contribution >= 4 is 23.3 Å². The molecule has 2 amide bonds. The molecule has 2 N–H and O–H groups in total. The summed E-state index contributed by atoms with van der Waals surface area (Å²) in [6.45, 7) is 2.83. The third-order valence-electron chi connectivity index (χ3n) is 5.42. The summed E-state index contributed by atoms with van der Waals surface area (Å²) in [5.41, 5.74) is 0.618. The number of hydrogen-bond donors (Lipinski definition) is 2. The highest BCUT2D eigenvalue weighted by Gasteiger charge is 2.32. The zero-order valence-corrected chi connectivity index (χ0v) is 19.7. The number of anilines is 2. The van der Waals surface area contributed by atoms with Gasteiger partial charge in [0.2, 0.25) is 5.91 Å². The van der Waals surface area contributed by atoms with Crippen LogP contribution in [0.2, 0.25) is 0 Å². The number of ether oxygens (including phenoxy) is 1. The molecule has 11 nitrogen and oxygen atoms in total. The average Bonchev–Trinajstić information content (AvgIpc) is 2.86. The lowest BCUT2D eigenvalue weighted by molar-refractivity contribution is -0.274. The van der Waals surface area contributed by atoms with Crippen molar-refractivity contribution in [2.24, 2.45) is 0 Å². The number of amides is 2. The molecular weight excluding hydrogens is 493 g/mol. The second-order valence-corrected chi connectivity index (χ2v) is 8.22. The minimum absolute atomic E-state index is 0.0105. The summed E-state index contributed by atoms with van der Waals surface area (Å²) in [5.74, 6) is -1.73. The predicted molar refractivity (Wildman–Crippen MR) is 127 cm³/mol. The van der Waals surface area contributed by atoms with Crippen molar-refractivity contribution in [1.29, 1.82) is 0 Å². The van der Waals surface area contributed by atoms with E-state index in [4.69, 9.17) is 0 Å². The van der Waals surface area contributed by atoms with Crippen molar-refractivity contribution in [2.75, 3.05) is 50.4 Å². The summed E-state index contributed by atoms with van der Waals surface area (Å²) in [4.78, 5) is 45.7. The molecule has 4 rings (SSSR count). The van der Waals surface area contributed by atoms with Crippen LogP contribution in [0.1, 0.15) is 10.4 Å². The molecule has 0 unspecified atom stereocenters. The van der Waals surface area contributed by atoms with Crippen LogP contribution in [0.4, 0.5) is 24.7 Å². The lowest BCUT2D eigenvalue weighted by Crippen LogP contribution is -2.47. The molecule has 3 heterocycles. The van der Waals surface area contributed by atoms with E-state index in [1.54, 1.807) is 0 Å². The van der Waals surface area contributed by atoms with Crippen molar-refractivity contribution in [2.45, 2.75) is 6.36 Å². The molecule has 1 aliphatic heterocycles. The number of nitrogens with one attached hydrogen (secondary N) is 2. The number of nitrogens with zero attached hydrogens (tertiary/aromatic N) is 6. The molecular formula is C23H23F3N8O3. The molecule has 0 saturated carbocycles.